The Morgan fingerprint density at radius 3 is 1.05 bits per heavy atom. The van der Waals surface area contributed by atoms with Gasteiger partial charge in [-0.25, -0.2) is 0 Å². The van der Waals surface area contributed by atoms with Crippen LogP contribution in [0, 0.1) is 0 Å². The van der Waals surface area contributed by atoms with E-state index in [0.717, 1.165) is 11.4 Å². The van der Waals surface area contributed by atoms with Crippen LogP contribution in [0.4, 0.5) is 0 Å². The maximum Gasteiger partial charge on any atom is 0.204 e. The van der Waals surface area contributed by atoms with Crippen LogP contribution in [0.5, 0.6) is 0 Å². The Hall–Kier alpha value is -1.39. The van der Waals surface area contributed by atoms with Gasteiger partial charge in [0, 0.05) is 23.2 Å². The summed E-state index contributed by atoms with van der Waals surface area (Å²) in [4.78, 5) is 8.96. The Kier molecular flexibility index (Phi) is 24.7. The molecule has 0 aromatic carbocycles. The Balaban J connectivity index is 0.000000632. The molecule has 0 fully saturated rings. The Morgan fingerprint density at radius 2 is 0.821 bits per heavy atom. The number of quaternary nitrogens is 2. The summed E-state index contributed by atoms with van der Waals surface area (Å²) in [5.74, 6) is 2.57. The molecule has 0 radical (unpaired) electrons. The standard InChI is InChI=1S/2C15H28N2.H2O4S/c2*1-3-4-5-6-7-8-9-10-11-12-15-16-13-14(2)17-15;1-5(2,3)4/h2*13H,3-12H2,1-2H3,(H,16,17);(H2,1,2,3,4). The lowest BCUT2D eigenvalue weighted by molar-refractivity contribution is -0.461. The third kappa shape index (κ3) is 29.4. The molecule has 0 bridgehead atoms. The van der Waals surface area contributed by atoms with Gasteiger partial charge in [-0.2, -0.15) is 9.98 Å². The monoisotopic (exact) mass is 570 g/mol. The molecule has 8 nitrogen and oxygen atoms in total. The molecule has 2 aliphatic rings. The van der Waals surface area contributed by atoms with Gasteiger partial charge in [0.25, 0.3) is 0 Å². The van der Waals surface area contributed by atoms with Crippen molar-refractivity contribution in [2.45, 2.75) is 156 Å². The highest BCUT2D eigenvalue weighted by Crippen LogP contribution is 2.12. The van der Waals surface area contributed by atoms with E-state index >= 15 is 0 Å². The Labute approximate surface area is 239 Å². The first-order valence-electron chi connectivity index (χ1n) is 15.5. The molecular weight excluding hydrogens is 512 g/mol. The van der Waals surface area contributed by atoms with Gasteiger partial charge in [-0.05, 0) is 26.7 Å². The molecule has 0 aromatic rings. The van der Waals surface area contributed by atoms with Crippen LogP contribution in [-0.4, -0.2) is 29.2 Å². The lowest BCUT2D eigenvalue weighted by Gasteiger charge is -2.06. The fourth-order valence-corrected chi connectivity index (χ4v) is 4.55. The smallest absolute Gasteiger partial charge is 0.204 e. The summed E-state index contributed by atoms with van der Waals surface area (Å²) in [5.41, 5.74) is 2.33. The summed E-state index contributed by atoms with van der Waals surface area (Å²) < 4.78 is 34.1. The first-order chi connectivity index (χ1) is 18.7. The zero-order valence-corrected chi connectivity index (χ0v) is 26.2. The maximum absolute atomic E-state index is 8.52. The molecule has 2 heterocycles. The molecule has 0 atom stereocenters. The molecule has 2 aliphatic heterocycles. The van der Waals surface area contributed by atoms with E-state index in [4.69, 9.17) is 17.5 Å². The SMILES string of the molecule is CCCCCCCCCCCC1=NC(C)=C[NH2+]1.CCCCCCCCCCCC1=NC(C)=C[NH2+]1.O=S(=O)([O-])[O-]. The largest absolute Gasteiger partial charge is 0.759 e. The normalized spacial score (nSPS) is 14.5. The van der Waals surface area contributed by atoms with E-state index < -0.39 is 10.4 Å². The lowest BCUT2D eigenvalue weighted by atomic mass is 10.1. The number of allylic oxidation sites excluding steroid dienone is 2. The summed E-state index contributed by atoms with van der Waals surface area (Å²) in [6, 6.07) is 0. The summed E-state index contributed by atoms with van der Waals surface area (Å²) in [6.07, 6.45) is 31.8. The summed E-state index contributed by atoms with van der Waals surface area (Å²) in [6.45, 7) is 8.69. The molecule has 0 saturated carbocycles. The van der Waals surface area contributed by atoms with E-state index in [9.17, 15) is 0 Å². The predicted molar refractivity (Wildman–Crippen MR) is 160 cm³/mol. The summed E-state index contributed by atoms with van der Waals surface area (Å²) in [5, 5.41) is 4.33. The number of amidine groups is 2. The van der Waals surface area contributed by atoms with Crippen molar-refractivity contribution in [3.63, 3.8) is 0 Å². The number of hydrogen-bond acceptors (Lipinski definition) is 6. The van der Waals surface area contributed by atoms with Crippen molar-refractivity contribution in [2.24, 2.45) is 9.98 Å². The molecule has 9 heteroatoms. The first-order valence-corrected chi connectivity index (χ1v) is 16.8. The number of aliphatic imine (C=N–C) groups is 2. The third-order valence-electron chi connectivity index (χ3n) is 6.75. The third-order valence-corrected chi connectivity index (χ3v) is 6.75. The molecule has 0 amide bonds. The Morgan fingerprint density at radius 1 is 0.564 bits per heavy atom. The van der Waals surface area contributed by atoms with Crippen LogP contribution >= 0.6 is 0 Å². The predicted octanol–water partition coefficient (Wildman–Crippen LogP) is 6.15. The van der Waals surface area contributed by atoms with Crippen LogP contribution < -0.4 is 10.6 Å². The fourth-order valence-electron chi connectivity index (χ4n) is 4.55. The molecular formula is C30H58N4O4S. The van der Waals surface area contributed by atoms with Gasteiger partial charge >= 0.3 is 0 Å². The van der Waals surface area contributed by atoms with Crippen LogP contribution in [0.3, 0.4) is 0 Å². The quantitative estimate of drug-likeness (QED) is 0.103. The maximum atomic E-state index is 8.52. The average molecular weight is 571 g/mol. The first kappa shape index (κ1) is 37.6. The van der Waals surface area contributed by atoms with E-state index in [1.165, 1.54) is 140 Å². The van der Waals surface area contributed by atoms with Gasteiger partial charge in [0.15, 0.2) is 0 Å². The van der Waals surface area contributed by atoms with E-state index in [1.807, 2.05) is 0 Å². The van der Waals surface area contributed by atoms with E-state index in [0.29, 0.717) is 0 Å². The molecule has 228 valence electrons. The van der Waals surface area contributed by atoms with E-state index in [-0.39, 0.29) is 0 Å². The number of nitrogens with two attached hydrogens (primary N) is 2. The fraction of sp³-hybridized carbons (Fsp3) is 0.800. The highest BCUT2D eigenvalue weighted by molar-refractivity contribution is 7.79. The van der Waals surface area contributed by atoms with Crippen molar-refractivity contribution in [1.29, 1.82) is 0 Å². The van der Waals surface area contributed by atoms with E-state index in [2.05, 4.69) is 60.7 Å². The highest BCUT2D eigenvalue weighted by atomic mass is 32.3. The lowest BCUT2D eigenvalue weighted by Crippen LogP contribution is -2.80. The zero-order valence-electron chi connectivity index (χ0n) is 25.4. The molecule has 2 rings (SSSR count). The molecule has 0 spiro atoms. The summed E-state index contributed by atoms with van der Waals surface area (Å²) >= 11 is 0. The molecule has 0 aromatic heterocycles. The van der Waals surface area contributed by atoms with Gasteiger partial charge in [0.2, 0.25) is 11.7 Å². The van der Waals surface area contributed by atoms with Crippen molar-refractivity contribution in [1.82, 2.24) is 0 Å². The van der Waals surface area contributed by atoms with Crippen LogP contribution in [0.25, 0.3) is 0 Å². The van der Waals surface area contributed by atoms with Crippen molar-refractivity contribution in [3.8, 4) is 0 Å². The van der Waals surface area contributed by atoms with Crippen molar-refractivity contribution >= 4 is 22.1 Å². The molecule has 0 aliphatic carbocycles. The van der Waals surface area contributed by atoms with Crippen LogP contribution in [0.15, 0.2) is 33.8 Å². The minimum Gasteiger partial charge on any atom is -0.759 e. The average Bonchev–Trinajstić information content (AvgIpc) is 3.48. The van der Waals surface area contributed by atoms with Gasteiger partial charge in [0.1, 0.15) is 12.4 Å². The number of hydrogen-bond donors (Lipinski definition) is 2. The zero-order chi connectivity index (χ0) is 29.2. The second-order valence-electron chi connectivity index (χ2n) is 10.7. The number of nitrogens with zero attached hydrogens (tertiary/aromatic N) is 2. The second-order valence-corrected chi connectivity index (χ2v) is 11.5. The highest BCUT2D eigenvalue weighted by Gasteiger charge is 2.09. The summed E-state index contributed by atoms with van der Waals surface area (Å²) in [7, 11) is -5.17. The van der Waals surface area contributed by atoms with Crippen LogP contribution in [0.1, 0.15) is 156 Å². The molecule has 0 unspecified atom stereocenters. The van der Waals surface area contributed by atoms with Crippen molar-refractivity contribution in [3.05, 3.63) is 23.8 Å². The van der Waals surface area contributed by atoms with Gasteiger partial charge in [-0.3, -0.25) is 19.1 Å². The molecule has 0 saturated heterocycles. The molecule has 39 heavy (non-hydrogen) atoms. The van der Waals surface area contributed by atoms with Gasteiger partial charge < -0.3 is 9.11 Å². The minimum atomic E-state index is -5.17. The van der Waals surface area contributed by atoms with Gasteiger partial charge in [-0.1, -0.05) is 117 Å². The number of unbranched alkanes of at least 4 members (excludes halogenated alkanes) is 16. The number of rotatable bonds is 20. The molecule has 4 N–H and O–H groups in total. The second kappa shape index (κ2) is 25.6. The van der Waals surface area contributed by atoms with Crippen molar-refractivity contribution < 1.29 is 28.2 Å². The van der Waals surface area contributed by atoms with Gasteiger partial charge in [-0.15, -0.1) is 0 Å². The van der Waals surface area contributed by atoms with Crippen LogP contribution in [-0.2, 0) is 10.4 Å². The van der Waals surface area contributed by atoms with E-state index in [1.54, 1.807) is 0 Å². The van der Waals surface area contributed by atoms with Crippen LogP contribution in [0.2, 0.25) is 0 Å². The topological polar surface area (TPSA) is 138 Å². The van der Waals surface area contributed by atoms with Gasteiger partial charge in [0.05, 0.1) is 11.4 Å². The Bertz CT molecular complexity index is 774. The minimum absolute atomic E-state index is 1.16. The van der Waals surface area contributed by atoms with Crippen molar-refractivity contribution in [2.75, 3.05) is 0 Å².